The van der Waals surface area contributed by atoms with Crippen LogP contribution in [0, 0.1) is 0 Å². The molecule has 0 aromatic rings. The molecule has 0 N–H and O–H groups in total. The second-order valence-corrected chi connectivity index (χ2v) is 1.75. The largest absolute Gasteiger partial charge is 0.270 e. The molecule has 1 aliphatic rings. The van der Waals surface area contributed by atoms with Crippen LogP contribution in [0.5, 0.6) is 0 Å². The van der Waals surface area contributed by atoms with Gasteiger partial charge in [0.15, 0.2) is 0 Å². The van der Waals surface area contributed by atoms with E-state index >= 15 is 0 Å². The highest BCUT2D eigenvalue weighted by atomic mass is 19.3. The molecule has 0 heterocycles. The summed E-state index contributed by atoms with van der Waals surface area (Å²) in [5.74, 6) is -2.59. The monoisotopic (exact) mass is 116 g/mol. The van der Waals surface area contributed by atoms with E-state index in [-0.39, 0.29) is 6.42 Å². The standard InChI is InChI=1S/C6H6F2/c7-6(8)4-2-1-3-5-6/h1-4H,5H2. The Morgan fingerprint density at radius 2 is 2.00 bits per heavy atom. The van der Waals surface area contributed by atoms with E-state index in [4.69, 9.17) is 0 Å². The summed E-state index contributed by atoms with van der Waals surface area (Å²) < 4.78 is 24.1. The van der Waals surface area contributed by atoms with Crippen molar-refractivity contribution in [3.8, 4) is 0 Å². The van der Waals surface area contributed by atoms with Crippen molar-refractivity contribution in [1.82, 2.24) is 0 Å². The Balaban J connectivity index is 2.65. The Hall–Kier alpha value is -0.660. The molecule has 0 unspecified atom stereocenters. The van der Waals surface area contributed by atoms with Crippen molar-refractivity contribution < 1.29 is 8.78 Å². The molecule has 44 valence electrons. The van der Waals surface area contributed by atoms with E-state index < -0.39 is 5.92 Å². The minimum Gasteiger partial charge on any atom is -0.202 e. The second kappa shape index (κ2) is 1.69. The highest BCUT2D eigenvalue weighted by molar-refractivity contribution is 5.14. The molecule has 0 radical (unpaired) electrons. The van der Waals surface area contributed by atoms with Crippen LogP contribution >= 0.6 is 0 Å². The third-order valence-electron chi connectivity index (χ3n) is 0.977. The first-order chi connectivity index (χ1) is 3.71. The van der Waals surface area contributed by atoms with Gasteiger partial charge in [-0.15, -0.1) is 0 Å². The average molecular weight is 116 g/mol. The summed E-state index contributed by atoms with van der Waals surface area (Å²) in [7, 11) is 0. The molecule has 0 atom stereocenters. The maximum absolute atomic E-state index is 12.1. The van der Waals surface area contributed by atoms with E-state index in [1.807, 2.05) is 0 Å². The molecule has 0 fully saturated rings. The summed E-state index contributed by atoms with van der Waals surface area (Å²) >= 11 is 0. The average Bonchev–Trinajstić information content (AvgIpc) is 1.65. The highest BCUT2D eigenvalue weighted by Gasteiger charge is 2.23. The lowest BCUT2D eigenvalue weighted by Crippen LogP contribution is -2.11. The van der Waals surface area contributed by atoms with Gasteiger partial charge in [-0.3, -0.25) is 0 Å². The molecule has 0 saturated heterocycles. The Bertz CT molecular complexity index is 133. The van der Waals surface area contributed by atoms with Crippen LogP contribution in [0.15, 0.2) is 24.3 Å². The Labute approximate surface area is 46.5 Å². The number of hydrogen-bond donors (Lipinski definition) is 0. The van der Waals surface area contributed by atoms with Crippen LogP contribution in [-0.4, -0.2) is 5.92 Å². The molecule has 1 aliphatic carbocycles. The molecule has 8 heavy (non-hydrogen) atoms. The fourth-order valence-electron chi connectivity index (χ4n) is 0.568. The minimum absolute atomic E-state index is 0.149. The van der Waals surface area contributed by atoms with Crippen LogP contribution < -0.4 is 0 Å². The summed E-state index contributed by atoms with van der Waals surface area (Å²) in [4.78, 5) is 0. The van der Waals surface area contributed by atoms with Gasteiger partial charge in [-0.2, -0.15) is 0 Å². The molecule has 0 spiro atoms. The first-order valence-electron chi connectivity index (χ1n) is 2.43. The van der Waals surface area contributed by atoms with Crippen molar-refractivity contribution in [3.05, 3.63) is 24.3 Å². The Morgan fingerprint density at radius 3 is 2.25 bits per heavy atom. The molecule has 0 amide bonds. The lowest BCUT2D eigenvalue weighted by molar-refractivity contribution is 0.0576. The van der Waals surface area contributed by atoms with E-state index in [9.17, 15) is 8.78 Å². The van der Waals surface area contributed by atoms with Crippen molar-refractivity contribution in [1.29, 1.82) is 0 Å². The lowest BCUT2D eigenvalue weighted by Gasteiger charge is -2.09. The first kappa shape index (κ1) is 5.48. The summed E-state index contributed by atoms with van der Waals surface area (Å²) in [5.41, 5.74) is 0. The fourth-order valence-corrected chi connectivity index (χ4v) is 0.568. The zero-order valence-corrected chi connectivity index (χ0v) is 4.27. The summed E-state index contributed by atoms with van der Waals surface area (Å²) in [6, 6.07) is 0. The van der Waals surface area contributed by atoms with Crippen LogP contribution in [0.1, 0.15) is 6.42 Å². The Kier molecular flexibility index (Phi) is 1.16. The third-order valence-corrected chi connectivity index (χ3v) is 0.977. The van der Waals surface area contributed by atoms with Gasteiger partial charge in [-0.1, -0.05) is 18.2 Å². The molecule has 0 aromatic carbocycles. The van der Waals surface area contributed by atoms with Crippen molar-refractivity contribution in [3.63, 3.8) is 0 Å². The van der Waals surface area contributed by atoms with Gasteiger partial charge in [0.2, 0.25) is 0 Å². The van der Waals surface area contributed by atoms with Crippen molar-refractivity contribution in [2.75, 3.05) is 0 Å². The highest BCUT2D eigenvalue weighted by Crippen LogP contribution is 2.22. The van der Waals surface area contributed by atoms with E-state index in [2.05, 4.69) is 0 Å². The molecule has 0 nitrogen and oxygen atoms in total. The smallest absolute Gasteiger partial charge is 0.202 e. The predicted molar refractivity (Wildman–Crippen MR) is 27.8 cm³/mol. The topological polar surface area (TPSA) is 0 Å². The van der Waals surface area contributed by atoms with Gasteiger partial charge in [0.05, 0.1) is 0 Å². The van der Waals surface area contributed by atoms with Gasteiger partial charge in [0.25, 0.3) is 5.92 Å². The molecular formula is C6H6F2. The summed E-state index contributed by atoms with van der Waals surface area (Å²) in [6.07, 6.45) is 5.21. The van der Waals surface area contributed by atoms with E-state index in [1.54, 1.807) is 6.08 Å². The fraction of sp³-hybridized carbons (Fsp3) is 0.333. The first-order valence-corrected chi connectivity index (χ1v) is 2.43. The molecule has 0 bridgehead atoms. The van der Waals surface area contributed by atoms with Gasteiger partial charge in [0.1, 0.15) is 0 Å². The van der Waals surface area contributed by atoms with Gasteiger partial charge >= 0.3 is 0 Å². The van der Waals surface area contributed by atoms with E-state index in [1.165, 1.54) is 12.2 Å². The van der Waals surface area contributed by atoms with Gasteiger partial charge in [0, 0.05) is 6.42 Å². The maximum Gasteiger partial charge on any atom is 0.270 e. The number of rotatable bonds is 0. The lowest BCUT2D eigenvalue weighted by atomic mass is 10.1. The molecule has 0 aliphatic heterocycles. The van der Waals surface area contributed by atoms with Crippen molar-refractivity contribution in [2.45, 2.75) is 12.3 Å². The summed E-state index contributed by atoms with van der Waals surface area (Å²) in [5, 5.41) is 0. The molecule has 0 aromatic heterocycles. The predicted octanol–water partition coefficient (Wildman–Crippen LogP) is 2.14. The molecule has 1 rings (SSSR count). The van der Waals surface area contributed by atoms with Gasteiger partial charge in [-0.05, 0) is 6.08 Å². The Morgan fingerprint density at radius 1 is 1.25 bits per heavy atom. The summed E-state index contributed by atoms with van der Waals surface area (Å²) in [6.45, 7) is 0. The second-order valence-electron chi connectivity index (χ2n) is 1.75. The van der Waals surface area contributed by atoms with E-state index in [0.29, 0.717) is 0 Å². The van der Waals surface area contributed by atoms with E-state index in [0.717, 1.165) is 6.08 Å². The van der Waals surface area contributed by atoms with Crippen LogP contribution in [0.2, 0.25) is 0 Å². The molecule has 2 heteroatoms. The number of hydrogen-bond acceptors (Lipinski definition) is 0. The quantitative estimate of drug-likeness (QED) is 0.454. The van der Waals surface area contributed by atoms with Crippen LogP contribution in [0.25, 0.3) is 0 Å². The van der Waals surface area contributed by atoms with Crippen molar-refractivity contribution in [2.24, 2.45) is 0 Å². The SMILES string of the molecule is FC1(F)C=CC=CC1. The van der Waals surface area contributed by atoms with Gasteiger partial charge in [-0.25, -0.2) is 8.78 Å². The van der Waals surface area contributed by atoms with Crippen LogP contribution in [-0.2, 0) is 0 Å². The van der Waals surface area contributed by atoms with Crippen LogP contribution in [0.4, 0.5) is 8.78 Å². The minimum atomic E-state index is -2.59. The third kappa shape index (κ3) is 1.15. The molecule has 0 saturated carbocycles. The number of halogens is 2. The maximum atomic E-state index is 12.1. The normalized spacial score (nSPS) is 23.8. The zero-order valence-electron chi connectivity index (χ0n) is 4.27. The number of alkyl halides is 2. The van der Waals surface area contributed by atoms with Crippen LogP contribution in [0.3, 0.4) is 0 Å². The van der Waals surface area contributed by atoms with Gasteiger partial charge < -0.3 is 0 Å². The molecular weight excluding hydrogens is 110 g/mol. The zero-order chi connectivity index (χ0) is 6.04. The van der Waals surface area contributed by atoms with Crippen molar-refractivity contribution >= 4 is 0 Å². The number of allylic oxidation sites excluding steroid dienone is 4.